The standard InChI is InChI=1S/C14H19S.C3H8/c1-3-14(15-10-6-7-11-15)13-9-5-4-8-12(13)2;1-3-2/h3-5,8-9H,6-7,10-11H2,1-2H3;3H2,1-2H3/q+1;/b14-3+;. The van der Waals surface area contributed by atoms with E-state index in [0.717, 1.165) is 0 Å². The molecule has 1 heteroatoms. The van der Waals surface area contributed by atoms with Crippen LogP contribution in [0.25, 0.3) is 4.91 Å². The molecule has 1 heterocycles. The second-order valence-corrected chi connectivity index (χ2v) is 7.03. The van der Waals surface area contributed by atoms with Crippen molar-refractivity contribution in [2.24, 2.45) is 0 Å². The maximum Gasteiger partial charge on any atom is 0.158 e. The molecule has 0 atom stereocenters. The van der Waals surface area contributed by atoms with Crippen molar-refractivity contribution < 1.29 is 0 Å². The Bertz CT molecular complexity index is 373. The molecule has 1 aromatic carbocycles. The average molecular weight is 263 g/mol. The van der Waals surface area contributed by atoms with Crippen LogP contribution in [-0.4, -0.2) is 11.5 Å². The summed E-state index contributed by atoms with van der Waals surface area (Å²) < 4.78 is 0. The van der Waals surface area contributed by atoms with Crippen molar-refractivity contribution in [3.05, 3.63) is 41.5 Å². The van der Waals surface area contributed by atoms with Gasteiger partial charge in [-0.25, -0.2) is 0 Å². The van der Waals surface area contributed by atoms with Gasteiger partial charge in [0.25, 0.3) is 0 Å². The van der Waals surface area contributed by atoms with Crippen LogP contribution < -0.4 is 0 Å². The van der Waals surface area contributed by atoms with Gasteiger partial charge in [-0.05, 0) is 44.4 Å². The number of hydrogen-bond donors (Lipinski definition) is 0. The molecule has 0 spiro atoms. The monoisotopic (exact) mass is 263 g/mol. The van der Waals surface area contributed by atoms with E-state index in [2.05, 4.69) is 58.0 Å². The Hall–Kier alpha value is -0.690. The summed E-state index contributed by atoms with van der Waals surface area (Å²) in [4.78, 5) is 1.60. The van der Waals surface area contributed by atoms with Gasteiger partial charge >= 0.3 is 0 Å². The van der Waals surface area contributed by atoms with E-state index in [0.29, 0.717) is 10.9 Å². The molecule has 0 saturated carbocycles. The van der Waals surface area contributed by atoms with Crippen LogP contribution >= 0.6 is 0 Å². The zero-order valence-corrected chi connectivity index (χ0v) is 13.1. The molecule has 0 bridgehead atoms. The normalized spacial score (nSPS) is 16.3. The third-order valence-corrected chi connectivity index (χ3v) is 5.66. The maximum absolute atomic E-state index is 2.33. The summed E-state index contributed by atoms with van der Waals surface area (Å²) in [7, 11) is 0.535. The van der Waals surface area contributed by atoms with E-state index in [4.69, 9.17) is 0 Å². The van der Waals surface area contributed by atoms with Gasteiger partial charge < -0.3 is 0 Å². The lowest BCUT2D eigenvalue weighted by molar-refractivity contribution is 0.949. The van der Waals surface area contributed by atoms with E-state index in [1.807, 2.05) is 0 Å². The fourth-order valence-electron chi connectivity index (χ4n) is 2.20. The zero-order valence-electron chi connectivity index (χ0n) is 12.3. The van der Waals surface area contributed by atoms with E-state index >= 15 is 0 Å². The molecule has 0 N–H and O–H groups in total. The molecule has 0 unspecified atom stereocenters. The number of allylic oxidation sites excluding steroid dienone is 1. The lowest BCUT2D eigenvalue weighted by Gasteiger charge is -2.08. The van der Waals surface area contributed by atoms with Crippen LogP contribution in [0.15, 0.2) is 30.3 Å². The molecule has 1 aliphatic heterocycles. The lowest BCUT2D eigenvalue weighted by atomic mass is 10.1. The molecule has 1 fully saturated rings. The minimum atomic E-state index is 0.535. The van der Waals surface area contributed by atoms with Crippen molar-refractivity contribution in [3.8, 4) is 0 Å². The van der Waals surface area contributed by atoms with Crippen LogP contribution in [0, 0.1) is 6.92 Å². The smallest absolute Gasteiger partial charge is 0.0656 e. The Kier molecular flexibility index (Phi) is 7.19. The van der Waals surface area contributed by atoms with Gasteiger partial charge in [0, 0.05) is 16.5 Å². The summed E-state index contributed by atoms with van der Waals surface area (Å²) in [5.74, 6) is 2.82. The largest absolute Gasteiger partial charge is 0.158 e. The summed E-state index contributed by atoms with van der Waals surface area (Å²) in [6, 6.07) is 8.78. The van der Waals surface area contributed by atoms with Crippen molar-refractivity contribution >= 4 is 15.8 Å². The molecule has 0 aromatic heterocycles. The first-order valence-corrected chi connectivity index (χ1v) is 8.70. The second kappa shape index (κ2) is 8.42. The fraction of sp³-hybridized carbons (Fsp3) is 0.529. The van der Waals surface area contributed by atoms with Gasteiger partial charge in [0.2, 0.25) is 0 Å². The van der Waals surface area contributed by atoms with Gasteiger partial charge in [-0.1, -0.05) is 38.5 Å². The molecule has 1 aromatic rings. The fourth-order valence-corrected chi connectivity index (χ4v) is 4.82. The van der Waals surface area contributed by atoms with E-state index in [1.165, 1.54) is 41.9 Å². The highest BCUT2D eigenvalue weighted by Gasteiger charge is 2.30. The highest BCUT2D eigenvalue weighted by Crippen LogP contribution is 2.31. The minimum Gasteiger partial charge on any atom is -0.0656 e. The Morgan fingerprint density at radius 3 is 2.22 bits per heavy atom. The molecule has 2 rings (SSSR count). The van der Waals surface area contributed by atoms with Crippen LogP contribution in [0.4, 0.5) is 0 Å². The Morgan fingerprint density at radius 2 is 1.72 bits per heavy atom. The third kappa shape index (κ3) is 4.20. The number of benzene rings is 1. The summed E-state index contributed by atoms with van der Waals surface area (Å²) in [5.41, 5.74) is 2.90. The number of aryl methyl sites for hydroxylation is 1. The first-order chi connectivity index (χ1) is 8.74. The average Bonchev–Trinajstić information content (AvgIpc) is 2.87. The third-order valence-electron chi connectivity index (χ3n) is 3.02. The molecule has 0 nitrogen and oxygen atoms in total. The Labute approximate surface area is 116 Å². The second-order valence-electron chi connectivity index (χ2n) is 4.78. The van der Waals surface area contributed by atoms with Crippen molar-refractivity contribution in [3.63, 3.8) is 0 Å². The van der Waals surface area contributed by atoms with Crippen molar-refractivity contribution in [1.29, 1.82) is 0 Å². The predicted molar refractivity (Wildman–Crippen MR) is 87.1 cm³/mol. The summed E-state index contributed by atoms with van der Waals surface area (Å²) >= 11 is 0. The SMILES string of the molecule is C/C=C(\c1ccccc1C)[S+]1CCCC1.CCC. The first-order valence-electron chi connectivity index (χ1n) is 7.14. The number of rotatable bonds is 2. The van der Waals surface area contributed by atoms with E-state index < -0.39 is 0 Å². The molecule has 0 amide bonds. The van der Waals surface area contributed by atoms with Crippen LogP contribution in [0.1, 0.15) is 51.2 Å². The summed E-state index contributed by atoms with van der Waals surface area (Å²) in [5, 5.41) is 0. The van der Waals surface area contributed by atoms with Gasteiger partial charge in [0.15, 0.2) is 4.91 Å². The molecule has 1 aliphatic rings. The molecule has 0 radical (unpaired) electrons. The quantitative estimate of drug-likeness (QED) is 0.645. The summed E-state index contributed by atoms with van der Waals surface area (Å²) in [6.45, 7) is 8.66. The Balaban J connectivity index is 0.000000492. The van der Waals surface area contributed by atoms with Crippen molar-refractivity contribution in [2.45, 2.75) is 47.0 Å². The van der Waals surface area contributed by atoms with Crippen LogP contribution in [0.2, 0.25) is 0 Å². The first kappa shape index (κ1) is 15.4. The minimum absolute atomic E-state index is 0.535. The van der Waals surface area contributed by atoms with Gasteiger partial charge in [0.05, 0.1) is 0 Å². The predicted octanol–water partition coefficient (Wildman–Crippen LogP) is 5.18. The van der Waals surface area contributed by atoms with E-state index in [-0.39, 0.29) is 0 Å². The van der Waals surface area contributed by atoms with Crippen molar-refractivity contribution in [1.82, 2.24) is 0 Å². The van der Waals surface area contributed by atoms with Crippen LogP contribution in [0.3, 0.4) is 0 Å². The molecule has 100 valence electrons. The van der Waals surface area contributed by atoms with Crippen LogP contribution in [-0.2, 0) is 10.9 Å². The zero-order chi connectivity index (χ0) is 13.4. The topological polar surface area (TPSA) is 0 Å². The summed E-state index contributed by atoms with van der Waals surface area (Å²) in [6.07, 6.45) is 6.43. The molecular weight excluding hydrogens is 236 g/mol. The van der Waals surface area contributed by atoms with Crippen LogP contribution in [0.5, 0.6) is 0 Å². The highest BCUT2D eigenvalue weighted by atomic mass is 32.2. The van der Waals surface area contributed by atoms with Gasteiger partial charge in [-0.3, -0.25) is 0 Å². The highest BCUT2D eigenvalue weighted by molar-refractivity contribution is 8.05. The maximum atomic E-state index is 2.33. The molecular formula is C17H27S+. The Morgan fingerprint density at radius 1 is 1.17 bits per heavy atom. The van der Waals surface area contributed by atoms with Gasteiger partial charge in [-0.2, -0.15) is 0 Å². The number of hydrogen-bond acceptors (Lipinski definition) is 0. The molecule has 18 heavy (non-hydrogen) atoms. The van der Waals surface area contributed by atoms with E-state index in [1.54, 1.807) is 4.91 Å². The van der Waals surface area contributed by atoms with E-state index in [9.17, 15) is 0 Å². The van der Waals surface area contributed by atoms with Gasteiger partial charge in [0.1, 0.15) is 11.5 Å². The van der Waals surface area contributed by atoms with Crippen molar-refractivity contribution in [2.75, 3.05) is 11.5 Å². The lowest BCUT2D eigenvalue weighted by Crippen LogP contribution is -2.06. The molecule has 1 saturated heterocycles. The van der Waals surface area contributed by atoms with Gasteiger partial charge in [-0.15, -0.1) is 0 Å². The molecule has 0 aliphatic carbocycles.